The van der Waals surface area contributed by atoms with Crippen molar-refractivity contribution in [1.29, 1.82) is 0 Å². The minimum atomic E-state index is 0.0683. The number of nitrogens with two attached hydrogens (primary N) is 1. The Morgan fingerprint density at radius 2 is 2.42 bits per heavy atom. The van der Waals surface area contributed by atoms with Crippen molar-refractivity contribution in [2.45, 2.75) is 13.0 Å². The summed E-state index contributed by atoms with van der Waals surface area (Å²) >= 11 is 0. The van der Waals surface area contributed by atoms with Crippen molar-refractivity contribution in [2.24, 2.45) is 0 Å². The third kappa shape index (κ3) is 3.14. The van der Waals surface area contributed by atoms with Crippen molar-refractivity contribution in [3.8, 4) is 0 Å². The molecule has 0 aromatic carbocycles. The van der Waals surface area contributed by atoms with Crippen LogP contribution >= 0.6 is 0 Å². The third-order valence-corrected chi connectivity index (χ3v) is 3.35. The number of anilines is 2. The van der Waals surface area contributed by atoms with E-state index in [9.17, 15) is 4.79 Å². The van der Waals surface area contributed by atoms with Gasteiger partial charge in [0.1, 0.15) is 0 Å². The molecule has 1 aliphatic rings. The fourth-order valence-electron chi connectivity index (χ4n) is 2.32. The monoisotopic (exact) mass is 264 g/mol. The lowest BCUT2D eigenvalue weighted by Gasteiger charge is -2.40. The lowest BCUT2D eigenvalue weighted by atomic mass is 10.1. The van der Waals surface area contributed by atoms with Gasteiger partial charge in [0.2, 0.25) is 6.41 Å². The van der Waals surface area contributed by atoms with E-state index in [4.69, 9.17) is 10.5 Å². The van der Waals surface area contributed by atoms with E-state index < -0.39 is 0 Å². The Bertz CT molecular complexity index is 427. The first-order valence-corrected chi connectivity index (χ1v) is 6.49. The van der Waals surface area contributed by atoms with E-state index in [1.165, 1.54) is 0 Å². The van der Waals surface area contributed by atoms with Gasteiger partial charge in [-0.3, -0.25) is 9.78 Å². The molecule has 1 fully saturated rings. The van der Waals surface area contributed by atoms with Gasteiger partial charge >= 0.3 is 0 Å². The quantitative estimate of drug-likeness (QED) is 0.777. The standard InChI is InChI=1S/C13H20N4O2/c1-2-19-9-11-8-16(5-6-17(11)10-18)13-3-4-15-7-12(13)14/h3-4,7,10-11H,2,5-6,8-9,14H2,1H3. The Morgan fingerprint density at radius 1 is 1.58 bits per heavy atom. The van der Waals surface area contributed by atoms with E-state index in [0.29, 0.717) is 25.4 Å². The van der Waals surface area contributed by atoms with Crippen molar-refractivity contribution in [3.05, 3.63) is 18.5 Å². The molecule has 0 aliphatic carbocycles. The van der Waals surface area contributed by atoms with E-state index in [1.54, 1.807) is 17.3 Å². The van der Waals surface area contributed by atoms with E-state index in [1.807, 2.05) is 13.0 Å². The summed E-state index contributed by atoms with van der Waals surface area (Å²) in [6.45, 7) is 5.34. The Labute approximate surface area is 113 Å². The number of hydrogen-bond acceptors (Lipinski definition) is 5. The number of nitrogens with zero attached hydrogens (tertiary/aromatic N) is 3. The van der Waals surface area contributed by atoms with Crippen LogP contribution in [0, 0.1) is 0 Å². The molecule has 6 heteroatoms. The molecule has 1 saturated heterocycles. The maximum absolute atomic E-state index is 11.1. The molecular weight excluding hydrogens is 244 g/mol. The first-order valence-electron chi connectivity index (χ1n) is 6.49. The van der Waals surface area contributed by atoms with Gasteiger partial charge in [0, 0.05) is 32.4 Å². The molecule has 1 aromatic heterocycles. The topological polar surface area (TPSA) is 71.7 Å². The number of carbonyl (C=O) groups excluding carboxylic acids is 1. The van der Waals surface area contributed by atoms with Gasteiger partial charge in [-0.1, -0.05) is 0 Å². The fourth-order valence-corrected chi connectivity index (χ4v) is 2.32. The zero-order chi connectivity index (χ0) is 13.7. The molecule has 1 aliphatic heterocycles. The highest BCUT2D eigenvalue weighted by molar-refractivity contribution is 5.66. The van der Waals surface area contributed by atoms with Crippen LogP contribution in [0.25, 0.3) is 0 Å². The number of aromatic nitrogens is 1. The number of nitrogen functional groups attached to an aromatic ring is 1. The summed E-state index contributed by atoms with van der Waals surface area (Å²) in [5.74, 6) is 0. The smallest absolute Gasteiger partial charge is 0.210 e. The SMILES string of the molecule is CCOCC1CN(c2ccncc2N)CCN1C=O. The number of pyridine rings is 1. The summed E-state index contributed by atoms with van der Waals surface area (Å²) in [4.78, 5) is 19.0. The Kier molecular flexibility index (Phi) is 4.57. The molecule has 0 saturated carbocycles. The molecule has 2 rings (SSSR count). The fraction of sp³-hybridized carbons (Fsp3) is 0.538. The second kappa shape index (κ2) is 6.38. The lowest BCUT2D eigenvalue weighted by molar-refractivity contribution is -0.121. The average Bonchev–Trinajstić information content (AvgIpc) is 2.45. The molecule has 1 atom stereocenters. The number of hydrogen-bond donors (Lipinski definition) is 1. The van der Waals surface area contributed by atoms with Crippen molar-refractivity contribution in [2.75, 3.05) is 43.5 Å². The Morgan fingerprint density at radius 3 is 3.11 bits per heavy atom. The molecule has 104 valence electrons. The molecular formula is C13H20N4O2. The second-order valence-corrected chi connectivity index (χ2v) is 4.54. The van der Waals surface area contributed by atoms with Crippen LogP contribution in [-0.2, 0) is 9.53 Å². The molecule has 0 spiro atoms. The molecule has 0 radical (unpaired) electrons. The van der Waals surface area contributed by atoms with Gasteiger partial charge in [-0.15, -0.1) is 0 Å². The van der Waals surface area contributed by atoms with Crippen molar-refractivity contribution in [3.63, 3.8) is 0 Å². The van der Waals surface area contributed by atoms with Gasteiger partial charge in [0.25, 0.3) is 0 Å². The van der Waals surface area contributed by atoms with E-state index >= 15 is 0 Å². The first kappa shape index (κ1) is 13.6. The highest BCUT2D eigenvalue weighted by Crippen LogP contribution is 2.24. The summed E-state index contributed by atoms with van der Waals surface area (Å²) in [7, 11) is 0. The van der Waals surface area contributed by atoms with Gasteiger partial charge in [-0.25, -0.2) is 0 Å². The summed E-state index contributed by atoms with van der Waals surface area (Å²) in [6, 6.07) is 1.97. The van der Waals surface area contributed by atoms with E-state index in [2.05, 4.69) is 9.88 Å². The third-order valence-electron chi connectivity index (χ3n) is 3.35. The van der Waals surface area contributed by atoms with Crippen molar-refractivity contribution < 1.29 is 9.53 Å². The van der Waals surface area contributed by atoms with E-state index in [0.717, 1.165) is 25.2 Å². The summed E-state index contributed by atoms with van der Waals surface area (Å²) in [6.07, 6.45) is 4.28. The number of rotatable bonds is 5. The Hall–Kier alpha value is -1.82. The predicted octanol–water partition coefficient (Wildman–Crippen LogP) is 0.347. The lowest BCUT2D eigenvalue weighted by Crippen LogP contribution is -2.54. The van der Waals surface area contributed by atoms with Crippen molar-refractivity contribution >= 4 is 17.8 Å². The zero-order valence-corrected chi connectivity index (χ0v) is 11.2. The van der Waals surface area contributed by atoms with Crippen LogP contribution in [0.3, 0.4) is 0 Å². The maximum atomic E-state index is 11.1. The molecule has 1 amide bonds. The average molecular weight is 264 g/mol. The maximum Gasteiger partial charge on any atom is 0.210 e. The molecule has 2 N–H and O–H groups in total. The van der Waals surface area contributed by atoms with Crippen LogP contribution < -0.4 is 10.6 Å². The zero-order valence-electron chi connectivity index (χ0n) is 11.2. The van der Waals surface area contributed by atoms with Crippen molar-refractivity contribution in [1.82, 2.24) is 9.88 Å². The summed E-state index contributed by atoms with van der Waals surface area (Å²) in [5, 5.41) is 0. The van der Waals surface area contributed by atoms with E-state index in [-0.39, 0.29) is 6.04 Å². The Balaban J connectivity index is 2.08. The molecule has 6 nitrogen and oxygen atoms in total. The second-order valence-electron chi connectivity index (χ2n) is 4.54. The summed E-state index contributed by atoms with van der Waals surface area (Å²) in [5.41, 5.74) is 7.58. The molecule has 2 heterocycles. The van der Waals surface area contributed by atoms with Gasteiger partial charge in [-0.2, -0.15) is 0 Å². The molecule has 19 heavy (non-hydrogen) atoms. The normalized spacial score (nSPS) is 19.5. The van der Waals surface area contributed by atoms with Crippen LogP contribution in [0.4, 0.5) is 11.4 Å². The molecule has 1 aromatic rings. The van der Waals surface area contributed by atoms with Crippen LogP contribution in [-0.4, -0.2) is 55.2 Å². The number of amides is 1. The number of ether oxygens (including phenoxy) is 1. The van der Waals surface area contributed by atoms with Gasteiger partial charge in [-0.05, 0) is 13.0 Å². The predicted molar refractivity (Wildman–Crippen MR) is 73.9 cm³/mol. The number of piperazine rings is 1. The van der Waals surface area contributed by atoms with Gasteiger partial charge in [0.15, 0.2) is 0 Å². The minimum Gasteiger partial charge on any atom is -0.396 e. The van der Waals surface area contributed by atoms with Crippen LogP contribution in [0.2, 0.25) is 0 Å². The van der Waals surface area contributed by atoms with Crippen LogP contribution in [0.15, 0.2) is 18.5 Å². The first-order chi connectivity index (χ1) is 9.26. The van der Waals surface area contributed by atoms with Gasteiger partial charge in [0.05, 0.1) is 30.2 Å². The highest BCUT2D eigenvalue weighted by Gasteiger charge is 2.26. The largest absolute Gasteiger partial charge is 0.396 e. The highest BCUT2D eigenvalue weighted by atomic mass is 16.5. The minimum absolute atomic E-state index is 0.0683. The molecule has 0 bridgehead atoms. The number of carbonyl (C=O) groups is 1. The van der Waals surface area contributed by atoms with Crippen LogP contribution in [0.5, 0.6) is 0 Å². The van der Waals surface area contributed by atoms with Crippen LogP contribution in [0.1, 0.15) is 6.92 Å². The van der Waals surface area contributed by atoms with Gasteiger partial charge < -0.3 is 20.3 Å². The molecule has 1 unspecified atom stereocenters. The summed E-state index contributed by atoms with van der Waals surface area (Å²) < 4.78 is 5.45.